The number of aryl methyl sites for hydroxylation is 2. The highest BCUT2D eigenvalue weighted by atomic mass is 32.1. The number of carbonyl (C=O) groups excluding carboxylic acids is 1. The molecule has 0 aliphatic heterocycles. The van der Waals surface area contributed by atoms with Crippen LogP contribution in [0.25, 0.3) is 21.2 Å². The number of aromatic nitrogens is 1. The molecule has 0 atom stereocenters. The molecule has 0 aliphatic carbocycles. The van der Waals surface area contributed by atoms with Crippen LogP contribution < -0.4 is 5.73 Å². The Hall–Kier alpha value is -2.66. The summed E-state index contributed by atoms with van der Waals surface area (Å²) < 4.78 is 5.67. The van der Waals surface area contributed by atoms with Gasteiger partial charge in [-0.1, -0.05) is 18.2 Å². The lowest BCUT2D eigenvalue weighted by atomic mass is 10.1. The largest absolute Gasteiger partial charge is 0.453 e. The Morgan fingerprint density at radius 2 is 2.00 bits per heavy atom. The number of hydrogen-bond donors (Lipinski definition) is 1. The van der Waals surface area contributed by atoms with Gasteiger partial charge >= 0.3 is 0 Å². The van der Waals surface area contributed by atoms with Crippen LogP contribution in [-0.2, 0) is 0 Å². The van der Waals surface area contributed by atoms with Gasteiger partial charge in [0.05, 0.1) is 5.69 Å². The fraction of sp³-hybridized carbons (Fsp3) is 0.111. The van der Waals surface area contributed by atoms with Gasteiger partial charge in [0.15, 0.2) is 5.76 Å². The van der Waals surface area contributed by atoms with E-state index < -0.39 is 0 Å². The first-order valence-corrected chi connectivity index (χ1v) is 8.06. The number of benzene rings is 1. The Morgan fingerprint density at radius 1 is 1.22 bits per heavy atom. The van der Waals surface area contributed by atoms with Crippen molar-refractivity contribution < 1.29 is 9.21 Å². The quantitative estimate of drug-likeness (QED) is 0.553. The van der Waals surface area contributed by atoms with Crippen molar-refractivity contribution >= 4 is 44.0 Å². The molecule has 0 fully saturated rings. The van der Waals surface area contributed by atoms with Gasteiger partial charge in [0.1, 0.15) is 15.3 Å². The van der Waals surface area contributed by atoms with Gasteiger partial charge in [0, 0.05) is 16.5 Å². The maximum atomic E-state index is 12.8. The summed E-state index contributed by atoms with van der Waals surface area (Å²) in [4.78, 5) is 18.6. The Labute approximate surface area is 136 Å². The van der Waals surface area contributed by atoms with E-state index in [1.807, 2.05) is 44.2 Å². The van der Waals surface area contributed by atoms with Gasteiger partial charge in [-0.3, -0.25) is 4.79 Å². The van der Waals surface area contributed by atoms with Crippen LogP contribution in [0.2, 0.25) is 0 Å². The number of pyridine rings is 1. The number of carbonyl (C=O) groups is 1. The predicted octanol–water partition coefficient (Wildman–Crippen LogP) is 4.47. The van der Waals surface area contributed by atoms with Gasteiger partial charge in [-0.05, 0) is 37.6 Å². The first-order valence-electron chi connectivity index (χ1n) is 7.24. The van der Waals surface area contributed by atoms with Crippen LogP contribution in [0.15, 0.2) is 40.8 Å². The Bertz CT molecular complexity index is 1040. The zero-order valence-corrected chi connectivity index (χ0v) is 13.5. The molecule has 3 heterocycles. The summed E-state index contributed by atoms with van der Waals surface area (Å²) in [5.41, 5.74) is 9.36. The first kappa shape index (κ1) is 14.0. The molecule has 0 aliphatic rings. The van der Waals surface area contributed by atoms with E-state index in [2.05, 4.69) is 4.98 Å². The SMILES string of the molecule is Cc1cc(C)c2c(N)c(C(=O)c3cc4ccccc4o3)sc2n1. The van der Waals surface area contributed by atoms with Crippen molar-refractivity contribution in [3.05, 3.63) is 58.3 Å². The molecule has 114 valence electrons. The summed E-state index contributed by atoms with van der Waals surface area (Å²) in [6, 6.07) is 11.3. The van der Waals surface area contributed by atoms with E-state index in [0.29, 0.717) is 21.9 Å². The molecule has 0 spiro atoms. The summed E-state index contributed by atoms with van der Waals surface area (Å²) in [6.07, 6.45) is 0. The Morgan fingerprint density at radius 3 is 2.78 bits per heavy atom. The van der Waals surface area contributed by atoms with Gasteiger partial charge in [0.25, 0.3) is 0 Å². The second-order valence-electron chi connectivity index (χ2n) is 5.58. The minimum Gasteiger partial charge on any atom is -0.453 e. The van der Waals surface area contributed by atoms with Gasteiger partial charge in [-0.25, -0.2) is 4.98 Å². The van der Waals surface area contributed by atoms with E-state index in [0.717, 1.165) is 26.9 Å². The molecule has 1 aromatic carbocycles. The van der Waals surface area contributed by atoms with E-state index >= 15 is 0 Å². The molecule has 0 saturated carbocycles. The molecular weight excluding hydrogens is 308 g/mol. The molecule has 23 heavy (non-hydrogen) atoms. The summed E-state index contributed by atoms with van der Waals surface area (Å²) >= 11 is 1.32. The van der Waals surface area contributed by atoms with E-state index in [4.69, 9.17) is 10.2 Å². The minimum atomic E-state index is -0.196. The highest BCUT2D eigenvalue weighted by Crippen LogP contribution is 2.36. The monoisotopic (exact) mass is 322 g/mol. The van der Waals surface area contributed by atoms with Crippen molar-refractivity contribution in [3.8, 4) is 0 Å². The standard InChI is InChI=1S/C18H14N2O2S/c1-9-7-10(2)20-18-14(9)15(19)17(23-18)16(21)13-8-11-5-3-4-6-12(11)22-13/h3-8H,19H2,1-2H3. The molecule has 4 aromatic rings. The number of thiophene rings is 1. The van der Waals surface area contributed by atoms with Gasteiger partial charge in [0.2, 0.25) is 5.78 Å². The smallest absolute Gasteiger partial charge is 0.240 e. The molecule has 3 aromatic heterocycles. The van der Waals surface area contributed by atoms with E-state index in [1.54, 1.807) is 6.07 Å². The van der Waals surface area contributed by atoms with Crippen LogP contribution >= 0.6 is 11.3 Å². The Kier molecular flexibility index (Phi) is 2.99. The van der Waals surface area contributed by atoms with Gasteiger partial charge < -0.3 is 10.2 Å². The molecule has 5 heteroatoms. The topological polar surface area (TPSA) is 69.1 Å². The number of para-hydroxylation sites is 1. The highest BCUT2D eigenvalue weighted by Gasteiger charge is 2.22. The summed E-state index contributed by atoms with van der Waals surface area (Å²) in [5, 5.41) is 1.76. The molecule has 0 bridgehead atoms. The average Bonchev–Trinajstić information content (AvgIpc) is 3.08. The number of anilines is 1. The molecule has 4 nitrogen and oxygen atoms in total. The molecule has 4 rings (SSSR count). The maximum absolute atomic E-state index is 12.8. The first-order chi connectivity index (χ1) is 11.0. The molecule has 0 saturated heterocycles. The number of rotatable bonds is 2. The lowest BCUT2D eigenvalue weighted by molar-refractivity contribution is 0.102. The second kappa shape index (κ2) is 4.93. The molecular formula is C18H14N2O2S. The summed E-state index contributed by atoms with van der Waals surface area (Å²) in [7, 11) is 0. The summed E-state index contributed by atoms with van der Waals surface area (Å²) in [5.74, 6) is 0.109. The number of nitrogens with two attached hydrogens (primary N) is 1. The van der Waals surface area contributed by atoms with Crippen LogP contribution in [0.5, 0.6) is 0 Å². The van der Waals surface area contributed by atoms with E-state index in [-0.39, 0.29) is 5.78 Å². The van der Waals surface area contributed by atoms with E-state index in [9.17, 15) is 4.79 Å². The lowest BCUT2D eigenvalue weighted by Gasteiger charge is -1.99. The van der Waals surface area contributed by atoms with Crippen molar-refractivity contribution in [3.63, 3.8) is 0 Å². The van der Waals surface area contributed by atoms with Crippen molar-refractivity contribution in [2.45, 2.75) is 13.8 Å². The minimum absolute atomic E-state index is 0.196. The molecule has 0 unspecified atom stereocenters. The Balaban J connectivity index is 1.89. The van der Waals surface area contributed by atoms with Crippen LogP contribution in [0.4, 0.5) is 5.69 Å². The predicted molar refractivity (Wildman–Crippen MR) is 93.2 cm³/mol. The number of nitrogens with zero attached hydrogens (tertiary/aromatic N) is 1. The van der Waals surface area contributed by atoms with E-state index in [1.165, 1.54) is 11.3 Å². The van der Waals surface area contributed by atoms with Crippen molar-refractivity contribution in [2.24, 2.45) is 0 Å². The van der Waals surface area contributed by atoms with Crippen LogP contribution in [0.1, 0.15) is 26.7 Å². The van der Waals surface area contributed by atoms with Crippen molar-refractivity contribution in [1.82, 2.24) is 4.98 Å². The fourth-order valence-corrected chi connectivity index (χ4v) is 4.00. The number of nitrogen functional groups attached to an aromatic ring is 1. The third-order valence-electron chi connectivity index (χ3n) is 3.88. The number of hydrogen-bond acceptors (Lipinski definition) is 5. The zero-order chi connectivity index (χ0) is 16.1. The van der Waals surface area contributed by atoms with Crippen LogP contribution in [0.3, 0.4) is 0 Å². The molecule has 0 amide bonds. The molecule has 2 N–H and O–H groups in total. The van der Waals surface area contributed by atoms with Gasteiger partial charge in [-0.15, -0.1) is 11.3 Å². The zero-order valence-electron chi connectivity index (χ0n) is 12.7. The third-order valence-corrected chi connectivity index (χ3v) is 4.98. The molecule has 0 radical (unpaired) electrons. The average molecular weight is 322 g/mol. The fourth-order valence-electron chi connectivity index (χ4n) is 2.84. The highest BCUT2D eigenvalue weighted by molar-refractivity contribution is 7.21. The van der Waals surface area contributed by atoms with Gasteiger partial charge in [-0.2, -0.15) is 0 Å². The van der Waals surface area contributed by atoms with Crippen LogP contribution in [-0.4, -0.2) is 10.8 Å². The third kappa shape index (κ3) is 2.12. The summed E-state index contributed by atoms with van der Waals surface area (Å²) in [6.45, 7) is 3.92. The van der Waals surface area contributed by atoms with Crippen LogP contribution in [0, 0.1) is 13.8 Å². The maximum Gasteiger partial charge on any atom is 0.240 e. The normalized spacial score (nSPS) is 11.4. The second-order valence-corrected chi connectivity index (χ2v) is 6.58. The number of ketones is 1. The number of furan rings is 1. The van der Waals surface area contributed by atoms with Crippen molar-refractivity contribution in [2.75, 3.05) is 5.73 Å². The van der Waals surface area contributed by atoms with Crippen molar-refractivity contribution in [1.29, 1.82) is 0 Å². The lowest BCUT2D eigenvalue weighted by Crippen LogP contribution is -2.00. The number of fused-ring (bicyclic) bond motifs is 2.